The number of alkyl carbamates (subject to hydrolysis) is 1. The fraction of sp³-hybridized carbons (Fsp3) is 0.708. The lowest BCUT2D eigenvalue weighted by atomic mass is 9.71. The summed E-state index contributed by atoms with van der Waals surface area (Å²) < 4.78 is 17.1. The first kappa shape index (κ1) is 22.7. The Morgan fingerprint density at radius 1 is 1.20 bits per heavy atom. The minimum atomic E-state index is -0.316. The van der Waals surface area contributed by atoms with Gasteiger partial charge in [0.2, 0.25) is 0 Å². The Morgan fingerprint density at radius 3 is 2.47 bits per heavy atom. The summed E-state index contributed by atoms with van der Waals surface area (Å²) in [6, 6.07) is 4.29. The van der Waals surface area contributed by atoms with Gasteiger partial charge in [0.05, 0.1) is 14.2 Å². The van der Waals surface area contributed by atoms with Gasteiger partial charge in [-0.25, -0.2) is 4.79 Å². The zero-order chi connectivity index (χ0) is 22.1. The van der Waals surface area contributed by atoms with Crippen LogP contribution in [0.5, 0.6) is 11.5 Å². The van der Waals surface area contributed by atoms with Crippen molar-refractivity contribution in [1.29, 1.82) is 0 Å². The van der Waals surface area contributed by atoms with Crippen molar-refractivity contribution in [3.8, 4) is 11.5 Å². The van der Waals surface area contributed by atoms with Crippen molar-refractivity contribution in [2.24, 2.45) is 11.8 Å². The summed E-state index contributed by atoms with van der Waals surface area (Å²) in [5.74, 6) is 2.40. The van der Waals surface area contributed by atoms with E-state index in [1.54, 1.807) is 14.2 Å². The van der Waals surface area contributed by atoms with Crippen LogP contribution in [0.2, 0.25) is 0 Å². The Labute approximate surface area is 181 Å². The molecule has 2 aliphatic rings. The number of benzene rings is 1. The van der Waals surface area contributed by atoms with Crippen molar-refractivity contribution in [1.82, 2.24) is 10.2 Å². The highest BCUT2D eigenvalue weighted by Gasteiger charge is 2.48. The molecule has 0 radical (unpaired) electrons. The number of fused-ring (bicyclic) bond motifs is 3. The fourth-order valence-corrected chi connectivity index (χ4v) is 5.17. The van der Waals surface area contributed by atoms with Gasteiger partial charge in [-0.2, -0.15) is 0 Å². The highest BCUT2D eigenvalue weighted by molar-refractivity contribution is 5.67. The van der Waals surface area contributed by atoms with Crippen molar-refractivity contribution in [2.75, 3.05) is 27.3 Å². The van der Waals surface area contributed by atoms with Crippen LogP contribution in [0.15, 0.2) is 12.1 Å². The van der Waals surface area contributed by atoms with Gasteiger partial charge in [0.25, 0.3) is 0 Å². The van der Waals surface area contributed by atoms with Crippen LogP contribution in [-0.4, -0.2) is 50.4 Å². The molecular formula is C24H38N2O4. The Kier molecular flexibility index (Phi) is 6.85. The maximum Gasteiger partial charge on any atom is 0.407 e. The third kappa shape index (κ3) is 4.53. The molecule has 3 rings (SSSR count). The number of hydrogen-bond donors (Lipinski definition) is 1. The van der Waals surface area contributed by atoms with Gasteiger partial charge < -0.3 is 19.5 Å². The van der Waals surface area contributed by atoms with Gasteiger partial charge in [0.1, 0.15) is 6.10 Å². The second-order valence-corrected chi connectivity index (χ2v) is 9.67. The van der Waals surface area contributed by atoms with Crippen LogP contribution in [0, 0.1) is 11.8 Å². The molecule has 1 fully saturated rings. The van der Waals surface area contributed by atoms with E-state index >= 15 is 0 Å². The predicted molar refractivity (Wildman–Crippen MR) is 118 cm³/mol. The minimum Gasteiger partial charge on any atom is -0.493 e. The lowest BCUT2D eigenvalue weighted by molar-refractivity contribution is -0.0699. The van der Waals surface area contributed by atoms with Crippen LogP contribution in [-0.2, 0) is 16.7 Å². The van der Waals surface area contributed by atoms with E-state index in [4.69, 9.17) is 14.2 Å². The van der Waals surface area contributed by atoms with E-state index in [1.165, 1.54) is 11.1 Å². The van der Waals surface area contributed by atoms with E-state index in [-0.39, 0.29) is 23.8 Å². The monoisotopic (exact) mass is 418 g/mol. The van der Waals surface area contributed by atoms with Crippen LogP contribution < -0.4 is 14.8 Å². The van der Waals surface area contributed by atoms with Crippen molar-refractivity contribution < 1.29 is 19.0 Å². The van der Waals surface area contributed by atoms with Crippen molar-refractivity contribution in [2.45, 2.75) is 71.6 Å². The van der Waals surface area contributed by atoms with Crippen LogP contribution in [0.4, 0.5) is 4.79 Å². The number of hydrogen-bond acceptors (Lipinski definition) is 5. The minimum absolute atomic E-state index is 0.0591. The molecule has 1 aromatic rings. The Hall–Kier alpha value is -1.95. The lowest BCUT2D eigenvalue weighted by Gasteiger charge is -2.54. The van der Waals surface area contributed by atoms with Gasteiger partial charge in [-0.15, -0.1) is 0 Å². The van der Waals surface area contributed by atoms with Crippen LogP contribution in [0.3, 0.4) is 0 Å². The first-order chi connectivity index (χ1) is 14.2. The largest absolute Gasteiger partial charge is 0.493 e. The van der Waals surface area contributed by atoms with Crippen molar-refractivity contribution in [3.05, 3.63) is 23.3 Å². The van der Waals surface area contributed by atoms with Crippen molar-refractivity contribution in [3.63, 3.8) is 0 Å². The number of carbonyl (C=O) groups is 1. The summed E-state index contributed by atoms with van der Waals surface area (Å²) in [5.41, 5.74) is 2.34. The summed E-state index contributed by atoms with van der Waals surface area (Å²) in [6.45, 7) is 12.6. The average molecular weight is 419 g/mol. The SMILES string of the molecule is COc1cc2c(cc1OC)[C@@]1(C)C[C@@H](OC(=O)NC(C)C)[C@H](CC(C)C)CN1CC2. The maximum absolute atomic E-state index is 12.5. The molecule has 6 heteroatoms. The van der Waals surface area contributed by atoms with Crippen LogP contribution in [0.25, 0.3) is 0 Å². The maximum atomic E-state index is 12.5. The Morgan fingerprint density at radius 2 is 1.87 bits per heavy atom. The molecule has 0 saturated carbocycles. The van der Waals surface area contributed by atoms with E-state index in [2.05, 4.69) is 43.1 Å². The normalized spacial score (nSPS) is 26.2. The molecular weight excluding hydrogens is 380 g/mol. The average Bonchev–Trinajstić information content (AvgIpc) is 2.66. The van der Waals surface area contributed by atoms with Crippen molar-refractivity contribution >= 4 is 6.09 Å². The molecule has 1 amide bonds. The summed E-state index contributed by atoms with van der Waals surface area (Å²) in [7, 11) is 3.35. The first-order valence-electron chi connectivity index (χ1n) is 11.2. The molecule has 2 heterocycles. The summed E-state index contributed by atoms with van der Waals surface area (Å²) in [6.07, 6.45) is 2.37. The molecule has 0 aliphatic carbocycles. The molecule has 3 atom stereocenters. The van der Waals surface area contributed by atoms with E-state index in [9.17, 15) is 4.79 Å². The third-order valence-electron chi connectivity index (χ3n) is 6.56. The fourth-order valence-electron chi connectivity index (χ4n) is 5.17. The summed E-state index contributed by atoms with van der Waals surface area (Å²) >= 11 is 0. The third-order valence-corrected chi connectivity index (χ3v) is 6.56. The number of rotatable bonds is 6. The molecule has 1 aromatic carbocycles. The molecule has 168 valence electrons. The molecule has 1 N–H and O–H groups in total. The van der Waals surface area contributed by atoms with Gasteiger partial charge >= 0.3 is 6.09 Å². The Bertz CT molecular complexity index is 764. The first-order valence-corrected chi connectivity index (χ1v) is 11.2. The molecule has 0 spiro atoms. The molecule has 0 bridgehead atoms. The van der Waals surface area contributed by atoms with Gasteiger partial charge in [-0.1, -0.05) is 13.8 Å². The zero-order valence-electron chi connectivity index (χ0n) is 19.6. The topological polar surface area (TPSA) is 60.0 Å². The number of nitrogens with zero attached hydrogens (tertiary/aromatic N) is 1. The number of nitrogens with one attached hydrogen (secondary N) is 1. The second kappa shape index (κ2) is 9.04. The lowest BCUT2D eigenvalue weighted by Crippen LogP contribution is -2.59. The standard InChI is InChI=1S/C24H38N2O4/c1-15(2)10-18-14-26-9-8-17-11-20(28-6)21(29-7)12-19(17)24(26,5)13-22(18)30-23(27)25-16(3)4/h11-12,15-16,18,22H,8-10,13-14H2,1-7H3,(H,25,27)/t18-,22-,24-/m1/s1. The quantitative estimate of drug-likeness (QED) is 0.744. The predicted octanol–water partition coefficient (Wildman–Crippen LogP) is 4.35. The van der Waals surface area contributed by atoms with Gasteiger partial charge in [-0.05, 0) is 62.8 Å². The van der Waals surface area contributed by atoms with E-state index in [0.29, 0.717) is 11.8 Å². The zero-order valence-corrected chi connectivity index (χ0v) is 19.6. The van der Waals surface area contributed by atoms with Crippen LogP contribution >= 0.6 is 0 Å². The van der Waals surface area contributed by atoms with E-state index in [0.717, 1.165) is 43.9 Å². The van der Waals surface area contributed by atoms with E-state index in [1.807, 2.05) is 13.8 Å². The van der Waals surface area contributed by atoms with Gasteiger partial charge in [-0.3, -0.25) is 4.90 Å². The van der Waals surface area contributed by atoms with Gasteiger partial charge in [0, 0.05) is 37.0 Å². The Balaban J connectivity index is 1.94. The smallest absolute Gasteiger partial charge is 0.407 e. The molecule has 2 aliphatic heterocycles. The molecule has 0 aromatic heterocycles. The number of piperidine rings is 1. The summed E-state index contributed by atoms with van der Waals surface area (Å²) in [5, 5.41) is 2.89. The second-order valence-electron chi connectivity index (χ2n) is 9.67. The number of carbonyl (C=O) groups excluding carboxylic acids is 1. The highest BCUT2D eigenvalue weighted by atomic mass is 16.6. The number of methoxy groups -OCH3 is 2. The number of amides is 1. The summed E-state index contributed by atoms with van der Waals surface area (Å²) in [4.78, 5) is 15.0. The number of ether oxygens (including phenoxy) is 3. The molecule has 30 heavy (non-hydrogen) atoms. The molecule has 1 saturated heterocycles. The van der Waals surface area contributed by atoms with Gasteiger partial charge in [0.15, 0.2) is 11.5 Å². The molecule has 6 nitrogen and oxygen atoms in total. The van der Waals surface area contributed by atoms with E-state index < -0.39 is 0 Å². The van der Waals surface area contributed by atoms with Crippen LogP contribution in [0.1, 0.15) is 58.6 Å². The highest BCUT2D eigenvalue weighted by Crippen LogP contribution is 2.48. The molecule has 0 unspecified atom stereocenters.